The predicted octanol–water partition coefficient (Wildman–Crippen LogP) is 3.06. The van der Waals surface area contributed by atoms with Crippen molar-refractivity contribution in [3.63, 3.8) is 0 Å². The normalized spacial score (nSPS) is 9.56. The topological polar surface area (TPSA) is 9.23 Å². The Morgan fingerprint density at radius 1 is 1.56 bits per heavy atom. The average Bonchev–Trinajstić information content (AvgIpc) is 1.80. The zero-order valence-corrected chi connectivity index (χ0v) is 7.41. The van der Waals surface area contributed by atoms with Gasteiger partial charge in [0.25, 0.3) is 0 Å². The second kappa shape index (κ2) is 6.30. The van der Waals surface area contributed by atoms with E-state index in [1.165, 1.54) is 12.0 Å². The highest BCUT2D eigenvalue weighted by Gasteiger charge is 1.87. The van der Waals surface area contributed by atoms with Gasteiger partial charge in [-0.1, -0.05) is 5.57 Å². The van der Waals surface area contributed by atoms with Crippen LogP contribution >= 0.6 is 16.3 Å². The molecule has 0 N–H and O–H groups in total. The van der Waals surface area contributed by atoms with Crippen molar-refractivity contribution in [2.45, 2.75) is 26.2 Å². The summed E-state index contributed by atoms with van der Waals surface area (Å²) in [7, 11) is 0. The SMILES string of the molecule is C=C(C)CCCCOBr. The zero-order chi connectivity index (χ0) is 7.11. The Hall–Kier alpha value is 0.180. The van der Waals surface area contributed by atoms with Gasteiger partial charge in [-0.25, -0.2) is 0 Å². The first kappa shape index (κ1) is 9.18. The van der Waals surface area contributed by atoms with Gasteiger partial charge in [0.1, 0.15) is 0 Å². The molecule has 0 spiro atoms. The molecule has 0 amide bonds. The van der Waals surface area contributed by atoms with E-state index >= 15 is 0 Å². The minimum Gasteiger partial charge on any atom is -0.308 e. The zero-order valence-electron chi connectivity index (χ0n) is 5.82. The van der Waals surface area contributed by atoms with Gasteiger partial charge in [-0.3, -0.25) is 0 Å². The van der Waals surface area contributed by atoms with Gasteiger partial charge >= 0.3 is 0 Å². The van der Waals surface area contributed by atoms with Crippen molar-refractivity contribution < 1.29 is 3.83 Å². The van der Waals surface area contributed by atoms with Crippen molar-refractivity contribution in [2.75, 3.05) is 6.61 Å². The van der Waals surface area contributed by atoms with Crippen LogP contribution in [0.3, 0.4) is 0 Å². The summed E-state index contributed by atoms with van der Waals surface area (Å²) < 4.78 is 4.71. The first-order valence-corrected chi connectivity index (χ1v) is 3.80. The number of hydrogen-bond acceptors (Lipinski definition) is 1. The van der Waals surface area contributed by atoms with E-state index in [4.69, 9.17) is 3.83 Å². The van der Waals surface area contributed by atoms with Crippen molar-refractivity contribution in [2.24, 2.45) is 0 Å². The van der Waals surface area contributed by atoms with Crippen LogP contribution < -0.4 is 0 Å². The van der Waals surface area contributed by atoms with Crippen LogP contribution in [0.1, 0.15) is 26.2 Å². The van der Waals surface area contributed by atoms with Gasteiger partial charge in [0, 0.05) is 0 Å². The molecule has 0 aliphatic carbocycles. The van der Waals surface area contributed by atoms with Gasteiger partial charge in [0.05, 0.1) is 22.9 Å². The minimum absolute atomic E-state index is 0.799. The molecule has 0 fully saturated rings. The van der Waals surface area contributed by atoms with Crippen molar-refractivity contribution in [3.05, 3.63) is 12.2 Å². The van der Waals surface area contributed by atoms with Gasteiger partial charge in [-0.05, 0) is 26.2 Å². The van der Waals surface area contributed by atoms with Gasteiger partial charge in [-0.2, -0.15) is 0 Å². The average molecular weight is 193 g/mol. The fourth-order valence-corrected chi connectivity index (χ4v) is 0.812. The second-order valence-corrected chi connectivity index (χ2v) is 2.69. The Morgan fingerprint density at radius 2 is 2.22 bits per heavy atom. The van der Waals surface area contributed by atoms with E-state index in [-0.39, 0.29) is 0 Å². The summed E-state index contributed by atoms with van der Waals surface area (Å²) in [4.78, 5) is 0. The van der Waals surface area contributed by atoms with E-state index in [0.717, 1.165) is 19.4 Å². The molecule has 0 heterocycles. The number of halogens is 1. The van der Waals surface area contributed by atoms with Gasteiger partial charge in [0.15, 0.2) is 0 Å². The predicted molar refractivity (Wildman–Crippen MR) is 43.5 cm³/mol. The molecule has 0 radical (unpaired) electrons. The molecule has 0 aromatic carbocycles. The summed E-state index contributed by atoms with van der Waals surface area (Å²) in [6, 6.07) is 0. The van der Waals surface area contributed by atoms with Crippen LogP contribution in [0.15, 0.2) is 12.2 Å². The molecule has 0 aliphatic heterocycles. The highest BCUT2D eigenvalue weighted by Crippen LogP contribution is 2.03. The maximum Gasteiger partial charge on any atom is 0.0987 e. The number of hydrogen-bond donors (Lipinski definition) is 0. The van der Waals surface area contributed by atoms with Crippen LogP contribution in [0.5, 0.6) is 0 Å². The number of rotatable bonds is 5. The van der Waals surface area contributed by atoms with Crippen molar-refractivity contribution >= 4 is 16.3 Å². The molecule has 0 saturated heterocycles. The van der Waals surface area contributed by atoms with Crippen LogP contribution in [0.25, 0.3) is 0 Å². The van der Waals surface area contributed by atoms with E-state index < -0.39 is 0 Å². The molecule has 2 heteroatoms. The third-order valence-electron chi connectivity index (χ3n) is 1.08. The third kappa shape index (κ3) is 8.18. The van der Waals surface area contributed by atoms with E-state index in [2.05, 4.69) is 29.8 Å². The van der Waals surface area contributed by atoms with Gasteiger partial charge < -0.3 is 3.83 Å². The third-order valence-corrected chi connectivity index (χ3v) is 1.40. The van der Waals surface area contributed by atoms with Crippen LogP contribution in [-0.2, 0) is 3.83 Å². The Bertz CT molecular complexity index is 81.0. The molecule has 0 rings (SSSR count). The summed E-state index contributed by atoms with van der Waals surface area (Å²) in [5.74, 6) is 0. The molecule has 9 heavy (non-hydrogen) atoms. The molecule has 54 valence electrons. The van der Waals surface area contributed by atoms with Crippen molar-refractivity contribution in [1.82, 2.24) is 0 Å². The maximum atomic E-state index is 4.71. The lowest BCUT2D eigenvalue weighted by molar-refractivity contribution is 0.379. The number of allylic oxidation sites excluding steroid dienone is 1. The smallest absolute Gasteiger partial charge is 0.0987 e. The molecule has 0 saturated carbocycles. The fraction of sp³-hybridized carbons (Fsp3) is 0.714. The van der Waals surface area contributed by atoms with Crippen LogP contribution in [0.4, 0.5) is 0 Å². The van der Waals surface area contributed by atoms with Crippen LogP contribution in [0.2, 0.25) is 0 Å². The van der Waals surface area contributed by atoms with Crippen LogP contribution in [0, 0.1) is 0 Å². The first-order chi connectivity index (χ1) is 4.27. The summed E-state index contributed by atoms with van der Waals surface area (Å²) >= 11 is 2.89. The molecule has 0 aromatic rings. The highest BCUT2D eigenvalue weighted by atomic mass is 79.9. The Balaban J connectivity index is 2.83. The monoisotopic (exact) mass is 192 g/mol. The summed E-state index contributed by atoms with van der Waals surface area (Å²) in [5.41, 5.74) is 1.25. The minimum atomic E-state index is 0.799. The fourth-order valence-electron chi connectivity index (χ4n) is 0.583. The van der Waals surface area contributed by atoms with Crippen LogP contribution in [-0.4, -0.2) is 6.61 Å². The van der Waals surface area contributed by atoms with Gasteiger partial charge in [-0.15, -0.1) is 6.58 Å². The number of unbranched alkanes of at least 4 members (excludes halogenated alkanes) is 1. The molecule has 0 unspecified atom stereocenters. The lowest BCUT2D eigenvalue weighted by Crippen LogP contribution is -1.84. The van der Waals surface area contributed by atoms with E-state index in [9.17, 15) is 0 Å². The van der Waals surface area contributed by atoms with E-state index in [0.29, 0.717) is 0 Å². The molecular weight excluding hydrogens is 180 g/mol. The maximum absolute atomic E-state index is 4.71. The molecule has 0 aliphatic rings. The Kier molecular flexibility index (Phi) is 6.43. The molecule has 0 aromatic heterocycles. The summed E-state index contributed by atoms with van der Waals surface area (Å²) in [6.07, 6.45) is 3.41. The molecular formula is C7H13BrO. The first-order valence-electron chi connectivity index (χ1n) is 3.15. The Labute approximate surface area is 65.5 Å². The summed E-state index contributed by atoms with van der Waals surface area (Å²) in [5, 5.41) is 0. The standard InChI is InChI=1S/C7H13BrO/c1-7(2)5-3-4-6-9-8/h1,3-6H2,2H3. The van der Waals surface area contributed by atoms with E-state index in [1.54, 1.807) is 0 Å². The lowest BCUT2D eigenvalue weighted by atomic mass is 10.1. The largest absolute Gasteiger partial charge is 0.308 e. The van der Waals surface area contributed by atoms with Crippen molar-refractivity contribution in [3.8, 4) is 0 Å². The second-order valence-electron chi connectivity index (χ2n) is 2.23. The quantitative estimate of drug-likeness (QED) is 0.481. The summed E-state index contributed by atoms with van der Waals surface area (Å²) in [6.45, 7) is 6.65. The van der Waals surface area contributed by atoms with Gasteiger partial charge in [0.2, 0.25) is 0 Å². The Morgan fingerprint density at radius 3 is 2.67 bits per heavy atom. The van der Waals surface area contributed by atoms with Crippen molar-refractivity contribution in [1.29, 1.82) is 0 Å². The highest BCUT2D eigenvalue weighted by molar-refractivity contribution is 9.06. The lowest BCUT2D eigenvalue weighted by Gasteiger charge is -1.96. The molecule has 0 atom stereocenters. The van der Waals surface area contributed by atoms with E-state index in [1.807, 2.05) is 0 Å². The molecule has 1 nitrogen and oxygen atoms in total. The molecule has 0 bridgehead atoms.